The number of H-pyrrole nitrogens is 1. The summed E-state index contributed by atoms with van der Waals surface area (Å²) in [5.74, 6) is -0.225. The molecule has 0 radical (unpaired) electrons. The second-order valence-electron chi connectivity index (χ2n) is 9.00. The average molecular weight is 476 g/mol. The molecule has 184 valence electrons. The topological polar surface area (TPSA) is 99.3 Å². The van der Waals surface area contributed by atoms with Crippen LogP contribution in [0.1, 0.15) is 38.4 Å². The minimum Gasteiger partial charge on any atom is -0.388 e. The lowest BCUT2D eigenvalue weighted by Gasteiger charge is -2.26. The second kappa shape index (κ2) is 10.8. The summed E-state index contributed by atoms with van der Waals surface area (Å²) in [5.41, 5.74) is 7.17. The number of carbonyl (C=O) groups is 1. The largest absolute Gasteiger partial charge is 0.388 e. The number of hydrogen-bond acceptors (Lipinski definition) is 6. The Morgan fingerprint density at radius 1 is 1.11 bits per heavy atom. The summed E-state index contributed by atoms with van der Waals surface area (Å²) in [4.78, 5) is 35.3. The van der Waals surface area contributed by atoms with Crippen LogP contribution in [0.5, 0.6) is 0 Å². The number of morpholine rings is 1. The van der Waals surface area contributed by atoms with Gasteiger partial charge in [-0.15, -0.1) is 0 Å². The smallest absolute Gasteiger partial charge is 0.253 e. The standard InChI is InChI=1S/C27H33N5O3/c1-17-11-18(2)31-27(34)24(17)15-30-26(33)23-12-21(13-25(28-4)19(23)3)20-5-6-22(29-14-20)16-32-7-9-35-10-8-32/h5-6,11-14,28H,7-10,15-16H2,1-4H3,(H,30,33)(H,31,34). The van der Waals surface area contributed by atoms with E-state index in [4.69, 9.17) is 4.74 Å². The highest BCUT2D eigenvalue weighted by Gasteiger charge is 2.16. The Balaban J connectivity index is 1.54. The molecule has 1 aliphatic rings. The van der Waals surface area contributed by atoms with Gasteiger partial charge in [0.15, 0.2) is 0 Å². The maximum atomic E-state index is 13.2. The number of aryl methyl sites for hydroxylation is 2. The minimum atomic E-state index is -0.225. The third-order valence-electron chi connectivity index (χ3n) is 6.49. The highest BCUT2D eigenvalue weighted by Crippen LogP contribution is 2.28. The van der Waals surface area contributed by atoms with Crippen molar-refractivity contribution in [2.45, 2.75) is 33.9 Å². The van der Waals surface area contributed by atoms with Gasteiger partial charge >= 0.3 is 0 Å². The number of aromatic amines is 1. The van der Waals surface area contributed by atoms with Gasteiger partial charge in [0.25, 0.3) is 11.5 Å². The average Bonchev–Trinajstić information content (AvgIpc) is 2.84. The van der Waals surface area contributed by atoms with Crippen LogP contribution in [0.15, 0.2) is 41.3 Å². The van der Waals surface area contributed by atoms with Crippen molar-refractivity contribution >= 4 is 11.6 Å². The lowest BCUT2D eigenvalue weighted by atomic mass is 9.98. The number of ether oxygens (including phenoxy) is 1. The molecule has 1 aliphatic heterocycles. The number of hydrogen-bond donors (Lipinski definition) is 3. The maximum absolute atomic E-state index is 13.2. The predicted octanol–water partition coefficient (Wildman–Crippen LogP) is 3.17. The van der Waals surface area contributed by atoms with E-state index in [1.165, 1.54) is 0 Å². The number of anilines is 1. The van der Waals surface area contributed by atoms with Gasteiger partial charge < -0.3 is 20.4 Å². The van der Waals surface area contributed by atoms with E-state index in [9.17, 15) is 9.59 Å². The van der Waals surface area contributed by atoms with Gasteiger partial charge in [-0.2, -0.15) is 0 Å². The van der Waals surface area contributed by atoms with E-state index in [0.717, 1.165) is 72.2 Å². The molecule has 0 atom stereocenters. The number of nitrogens with one attached hydrogen (secondary N) is 3. The van der Waals surface area contributed by atoms with Crippen LogP contribution in [-0.2, 0) is 17.8 Å². The van der Waals surface area contributed by atoms with Crippen molar-refractivity contribution in [2.24, 2.45) is 0 Å². The first-order chi connectivity index (χ1) is 16.9. The fraction of sp³-hybridized carbons (Fsp3) is 0.370. The van der Waals surface area contributed by atoms with Crippen LogP contribution in [0.2, 0.25) is 0 Å². The van der Waals surface area contributed by atoms with Gasteiger partial charge in [0, 0.05) is 67.5 Å². The van der Waals surface area contributed by atoms with E-state index in [1.807, 2.05) is 64.3 Å². The van der Waals surface area contributed by atoms with Crippen molar-refractivity contribution in [3.63, 3.8) is 0 Å². The number of aromatic nitrogens is 2. The number of pyridine rings is 2. The summed E-state index contributed by atoms with van der Waals surface area (Å²) >= 11 is 0. The molecular weight excluding hydrogens is 442 g/mol. The van der Waals surface area contributed by atoms with Gasteiger partial charge in [-0.3, -0.25) is 19.5 Å². The molecule has 0 bridgehead atoms. The monoisotopic (exact) mass is 475 g/mol. The maximum Gasteiger partial charge on any atom is 0.253 e. The van der Waals surface area contributed by atoms with E-state index in [-0.39, 0.29) is 18.0 Å². The molecule has 1 amide bonds. The van der Waals surface area contributed by atoms with Crippen molar-refractivity contribution in [3.05, 3.63) is 80.5 Å². The first kappa shape index (κ1) is 24.6. The first-order valence-electron chi connectivity index (χ1n) is 11.9. The molecule has 0 aliphatic carbocycles. The van der Waals surface area contributed by atoms with Crippen molar-refractivity contribution in [1.82, 2.24) is 20.2 Å². The third kappa shape index (κ3) is 5.78. The quantitative estimate of drug-likeness (QED) is 0.486. The molecule has 3 N–H and O–H groups in total. The Labute approximate surface area is 205 Å². The Morgan fingerprint density at radius 3 is 2.54 bits per heavy atom. The van der Waals surface area contributed by atoms with Gasteiger partial charge in [0.2, 0.25) is 0 Å². The highest BCUT2D eigenvalue weighted by molar-refractivity contribution is 5.98. The van der Waals surface area contributed by atoms with Crippen LogP contribution in [0.25, 0.3) is 11.1 Å². The lowest BCUT2D eigenvalue weighted by Crippen LogP contribution is -2.35. The number of rotatable bonds is 7. The van der Waals surface area contributed by atoms with Crippen molar-refractivity contribution in [2.75, 3.05) is 38.7 Å². The summed E-state index contributed by atoms with van der Waals surface area (Å²) in [6.45, 7) is 9.95. The van der Waals surface area contributed by atoms with Crippen LogP contribution < -0.4 is 16.2 Å². The predicted molar refractivity (Wildman–Crippen MR) is 138 cm³/mol. The fourth-order valence-electron chi connectivity index (χ4n) is 4.42. The molecule has 0 saturated carbocycles. The SMILES string of the molecule is CNc1cc(-c2ccc(CN3CCOCC3)nc2)cc(C(=O)NCc2c(C)cc(C)[nH]c2=O)c1C. The zero-order chi connectivity index (χ0) is 24.9. The number of carbonyl (C=O) groups excluding carboxylic acids is 1. The Kier molecular flexibility index (Phi) is 7.63. The highest BCUT2D eigenvalue weighted by atomic mass is 16.5. The van der Waals surface area contributed by atoms with E-state index in [2.05, 4.69) is 25.5 Å². The normalized spacial score (nSPS) is 14.1. The minimum absolute atomic E-state index is 0.163. The van der Waals surface area contributed by atoms with Crippen molar-refractivity contribution < 1.29 is 9.53 Å². The Hall–Kier alpha value is -3.49. The lowest BCUT2D eigenvalue weighted by molar-refractivity contribution is 0.0336. The summed E-state index contributed by atoms with van der Waals surface area (Å²) in [7, 11) is 1.84. The molecule has 3 aromatic rings. The summed E-state index contributed by atoms with van der Waals surface area (Å²) in [5, 5.41) is 6.11. The summed E-state index contributed by atoms with van der Waals surface area (Å²) < 4.78 is 5.42. The molecule has 0 spiro atoms. The molecule has 8 heteroatoms. The van der Waals surface area contributed by atoms with Gasteiger partial charge in [0.1, 0.15) is 0 Å². The fourth-order valence-corrected chi connectivity index (χ4v) is 4.42. The molecule has 2 aromatic heterocycles. The zero-order valence-corrected chi connectivity index (χ0v) is 20.8. The number of benzene rings is 1. The first-order valence-corrected chi connectivity index (χ1v) is 11.9. The molecular formula is C27H33N5O3. The van der Waals surface area contributed by atoms with E-state index in [1.54, 1.807) is 0 Å². The molecule has 1 fully saturated rings. The van der Waals surface area contributed by atoms with Gasteiger partial charge in [-0.25, -0.2) is 0 Å². The Bertz CT molecular complexity index is 1260. The van der Waals surface area contributed by atoms with E-state index in [0.29, 0.717) is 11.1 Å². The molecule has 35 heavy (non-hydrogen) atoms. The van der Waals surface area contributed by atoms with Gasteiger partial charge in [-0.05, 0) is 61.7 Å². The molecule has 1 aromatic carbocycles. The van der Waals surface area contributed by atoms with Crippen LogP contribution in [0.4, 0.5) is 5.69 Å². The third-order valence-corrected chi connectivity index (χ3v) is 6.49. The Morgan fingerprint density at radius 2 is 1.89 bits per heavy atom. The van der Waals surface area contributed by atoms with E-state index < -0.39 is 0 Å². The van der Waals surface area contributed by atoms with Crippen molar-refractivity contribution in [3.8, 4) is 11.1 Å². The summed E-state index contributed by atoms with van der Waals surface area (Å²) in [6, 6.07) is 9.90. The van der Waals surface area contributed by atoms with Gasteiger partial charge in [0.05, 0.1) is 18.9 Å². The summed E-state index contributed by atoms with van der Waals surface area (Å²) in [6.07, 6.45) is 1.86. The molecule has 1 saturated heterocycles. The molecule has 0 unspecified atom stereocenters. The molecule has 4 rings (SSSR count). The van der Waals surface area contributed by atoms with Gasteiger partial charge in [-0.1, -0.05) is 6.07 Å². The number of nitrogens with zero attached hydrogens (tertiary/aromatic N) is 2. The van der Waals surface area contributed by atoms with Crippen LogP contribution in [0.3, 0.4) is 0 Å². The molecule has 3 heterocycles. The zero-order valence-electron chi connectivity index (χ0n) is 20.8. The van der Waals surface area contributed by atoms with Crippen LogP contribution in [-0.4, -0.2) is 54.1 Å². The second-order valence-corrected chi connectivity index (χ2v) is 9.00. The van der Waals surface area contributed by atoms with Crippen LogP contribution in [0, 0.1) is 20.8 Å². The number of amides is 1. The van der Waals surface area contributed by atoms with E-state index >= 15 is 0 Å². The van der Waals surface area contributed by atoms with Crippen molar-refractivity contribution in [1.29, 1.82) is 0 Å². The molecule has 8 nitrogen and oxygen atoms in total. The van der Waals surface area contributed by atoms with Crippen LogP contribution >= 0.6 is 0 Å².